The Morgan fingerprint density at radius 1 is 1.21 bits per heavy atom. The van der Waals surface area contributed by atoms with Crippen LogP contribution in [0.3, 0.4) is 0 Å². The summed E-state index contributed by atoms with van der Waals surface area (Å²) < 4.78 is 43.8. The van der Waals surface area contributed by atoms with Gasteiger partial charge in [0.2, 0.25) is 21.8 Å². The number of ether oxygens (including phenoxy) is 3. The predicted molar refractivity (Wildman–Crippen MR) is 84.4 cm³/mol. The summed E-state index contributed by atoms with van der Waals surface area (Å²) in [7, 11) is -0.899. The second kappa shape index (κ2) is 6.97. The SMILES string of the molecule is COc1cc(OC)nc(Oc2c(C)nsc2C(=O)NS(C)(=O)=O)n1. The van der Waals surface area contributed by atoms with E-state index in [1.165, 1.54) is 20.3 Å². The van der Waals surface area contributed by atoms with Gasteiger partial charge in [-0.2, -0.15) is 14.3 Å². The Labute approximate surface area is 142 Å². The number of amides is 1. The van der Waals surface area contributed by atoms with Gasteiger partial charge in [0, 0.05) is 0 Å². The molecule has 130 valence electrons. The fourth-order valence-corrected chi connectivity index (χ4v) is 2.79. The van der Waals surface area contributed by atoms with Gasteiger partial charge in [-0.1, -0.05) is 0 Å². The van der Waals surface area contributed by atoms with E-state index in [-0.39, 0.29) is 28.4 Å². The van der Waals surface area contributed by atoms with Crippen LogP contribution in [0.1, 0.15) is 15.4 Å². The molecular weight excluding hydrogens is 360 g/mol. The molecule has 0 bridgehead atoms. The Kier molecular flexibility index (Phi) is 5.19. The van der Waals surface area contributed by atoms with Gasteiger partial charge in [-0.15, -0.1) is 0 Å². The highest BCUT2D eigenvalue weighted by Gasteiger charge is 2.23. The van der Waals surface area contributed by atoms with Gasteiger partial charge in [-0.25, -0.2) is 13.1 Å². The van der Waals surface area contributed by atoms with Crippen molar-refractivity contribution in [3.05, 3.63) is 16.6 Å². The topological polar surface area (TPSA) is 130 Å². The average Bonchev–Trinajstić information content (AvgIpc) is 2.86. The highest BCUT2D eigenvalue weighted by molar-refractivity contribution is 7.89. The molecule has 0 aromatic carbocycles. The van der Waals surface area contributed by atoms with Crippen LogP contribution < -0.4 is 18.9 Å². The van der Waals surface area contributed by atoms with Gasteiger partial charge in [-0.3, -0.25) is 4.79 Å². The quantitative estimate of drug-likeness (QED) is 0.778. The molecule has 10 nitrogen and oxygen atoms in total. The number of hydrogen-bond acceptors (Lipinski definition) is 10. The second-order valence-electron chi connectivity index (χ2n) is 4.47. The molecule has 0 aliphatic heterocycles. The van der Waals surface area contributed by atoms with Gasteiger partial charge in [0.1, 0.15) is 0 Å². The fourth-order valence-electron chi connectivity index (χ4n) is 1.57. The molecule has 0 saturated heterocycles. The zero-order valence-electron chi connectivity index (χ0n) is 13.2. The molecule has 1 amide bonds. The summed E-state index contributed by atoms with van der Waals surface area (Å²) in [6.45, 7) is 1.60. The average molecular weight is 374 g/mol. The van der Waals surface area contributed by atoms with Crippen LogP contribution in [0.2, 0.25) is 0 Å². The number of carbonyl (C=O) groups excluding carboxylic acids is 1. The molecule has 0 spiro atoms. The molecule has 0 atom stereocenters. The molecule has 1 N–H and O–H groups in total. The van der Waals surface area contributed by atoms with Gasteiger partial charge in [-0.05, 0) is 18.5 Å². The molecule has 24 heavy (non-hydrogen) atoms. The Morgan fingerprint density at radius 3 is 2.29 bits per heavy atom. The molecule has 2 rings (SSSR count). The van der Waals surface area contributed by atoms with Gasteiger partial charge < -0.3 is 14.2 Å². The molecule has 2 aromatic rings. The first-order valence-corrected chi connectivity index (χ1v) is 9.03. The van der Waals surface area contributed by atoms with E-state index in [0.717, 1.165) is 17.8 Å². The molecule has 0 saturated carbocycles. The number of rotatable bonds is 6. The lowest BCUT2D eigenvalue weighted by atomic mass is 10.3. The summed E-state index contributed by atoms with van der Waals surface area (Å²) in [5.41, 5.74) is 0.379. The van der Waals surface area contributed by atoms with Crippen molar-refractivity contribution in [2.24, 2.45) is 0 Å². The molecule has 0 unspecified atom stereocenters. The van der Waals surface area contributed by atoms with E-state index in [4.69, 9.17) is 14.2 Å². The van der Waals surface area contributed by atoms with Crippen molar-refractivity contribution in [3.63, 3.8) is 0 Å². The van der Waals surface area contributed by atoms with E-state index in [1.54, 1.807) is 6.92 Å². The lowest BCUT2D eigenvalue weighted by Gasteiger charge is -2.08. The van der Waals surface area contributed by atoms with E-state index in [2.05, 4.69) is 14.3 Å². The molecule has 0 aliphatic rings. The highest BCUT2D eigenvalue weighted by Crippen LogP contribution is 2.31. The maximum absolute atomic E-state index is 12.0. The van der Waals surface area contributed by atoms with E-state index in [9.17, 15) is 13.2 Å². The van der Waals surface area contributed by atoms with Gasteiger partial charge in [0.05, 0.1) is 32.2 Å². The first-order valence-electron chi connectivity index (χ1n) is 6.36. The van der Waals surface area contributed by atoms with Crippen molar-refractivity contribution in [2.75, 3.05) is 20.5 Å². The summed E-state index contributed by atoms with van der Waals surface area (Å²) >= 11 is 0.795. The minimum Gasteiger partial charge on any atom is -0.481 e. The molecule has 12 heteroatoms. The molecule has 0 fully saturated rings. The number of nitrogens with zero attached hydrogens (tertiary/aromatic N) is 3. The van der Waals surface area contributed by atoms with E-state index >= 15 is 0 Å². The van der Waals surface area contributed by atoms with Crippen molar-refractivity contribution >= 4 is 27.5 Å². The van der Waals surface area contributed by atoms with Crippen LogP contribution in [0, 0.1) is 6.92 Å². The summed E-state index contributed by atoms with van der Waals surface area (Å²) in [4.78, 5) is 20.0. The van der Waals surface area contributed by atoms with Gasteiger partial charge >= 0.3 is 6.01 Å². The molecule has 2 aromatic heterocycles. The number of carbonyl (C=O) groups is 1. The fraction of sp³-hybridized carbons (Fsp3) is 0.333. The van der Waals surface area contributed by atoms with Crippen LogP contribution in [0.5, 0.6) is 23.5 Å². The van der Waals surface area contributed by atoms with Crippen LogP contribution >= 0.6 is 11.5 Å². The van der Waals surface area contributed by atoms with Crippen LogP contribution in [0.25, 0.3) is 0 Å². The zero-order chi connectivity index (χ0) is 17.9. The van der Waals surface area contributed by atoms with E-state index < -0.39 is 15.9 Å². The summed E-state index contributed by atoms with van der Waals surface area (Å²) in [6, 6.07) is 1.31. The monoisotopic (exact) mass is 374 g/mol. The molecular formula is C12H14N4O6S2. The summed E-state index contributed by atoms with van der Waals surface area (Å²) in [5.74, 6) is -0.413. The van der Waals surface area contributed by atoms with E-state index in [0.29, 0.717) is 5.69 Å². The normalized spacial score (nSPS) is 11.0. The lowest BCUT2D eigenvalue weighted by Crippen LogP contribution is -2.28. The number of sulfonamides is 1. The summed E-state index contributed by atoms with van der Waals surface area (Å²) in [6.07, 6.45) is 0.870. The Morgan fingerprint density at radius 2 is 1.79 bits per heavy atom. The summed E-state index contributed by atoms with van der Waals surface area (Å²) in [5, 5.41) is 0. The minimum absolute atomic E-state index is 0.0247. The first kappa shape index (κ1) is 17.9. The number of nitrogens with one attached hydrogen (secondary N) is 1. The van der Waals surface area contributed by atoms with Gasteiger partial charge in [0.25, 0.3) is 5.91 Å². The number of methoxy groups -OCH3 is 2. The first-order chi connectivity index (χ1) is 11.2. The Bertz CT molecular complexity index is 842. The van der Waals surface area contributed by atoms with Gasteiger partial charge in [0.15, 0.2) is 10.6 Å². The number of aryl methyl sites for hydroxylation is 1. The number of aromatic nitrogens is 3. The predicted octanol–water partition coefficient (Wildman–Crippen LogP) is 0.740. The van der Waals surface area contributed by atoms with Crippen molar-refractivity contribution in [3.8, 4) is 23.5 Å². The van der Waals surface area contributed by atoms with Crippen LogP contribution in [0.4, 0.5) is 0 Å². The molecule has 0 aliphatic carbocycles. The Balaban J connectivity index is 2.37. The van der Waals surface area contributed by atoms with Crippen molar-refractivity contribution < 1.29 is 27.4 Å². The lowest BCUT2D eigenvalue weighted by molar-refractivity contribution is 0.0983. The van der Waals surface area contributed by atoms with E-state index in [1.807, 2.05) is 4.72 Å². The largest absolute Gasteiger partial charge is 0.481 e. The molecule has 2 heterocycles. The highest BCUT2D eigenvalue weighted by atomic mass is 32.2. The third-order valence-electron chi connectivity index (χ3n) is 2.56. The van der Waals surface area contributed by atoms with Crippen LogP contribution in [0.15, 0.2) is 6.07 Å². The van der Waals surface area contributed by atoms with Crippen molar-refractivity contribution in [1.82, 2.24) is 19.1 Å². The second-order valence-corrected chi connectivity index (χ2v) is 6.99. The maximum Gasteiger partial charge on any atom is 0.328 e. The smallest absolute Gasteiger partial charge is 0.328 e. The third-order valence-corrected chi connectivity index (χ3v) is 4.04. The minimum atomic E-state index is -3.72. The van der Waals surface area contributed by atoms with Crippen LogP contribution in [-0.2, 0) is 10.0 Å². The molecule has 0 radical (unpaired) electrons. The Hall–Kier alpha value is -2.47. The standard InChI is InChI=1S/C12H14N4O6S2/c1-6-9(10(23-15-6)11(17)16-24(4,18)19)22-12-13-7(20-2)5-8(14-12)21-3/h5H,1-4H3,(H,16,17). The third kappa shape index (κ3) is 4.29. The zero-order valence-corrected chi connectivity index (χ0v) is 14.8. The maximum atomic E-state index is 12.0. The van der Waals surface area contributed by atoms with Crippen molar-refractivity contribution in [1.29, 1.82) is 0 Å². The van der Waals surface area contributed by atoms with Crippen molar-refractivity contribution in [2.45, 2.75) is 6.92 Å². The van der Waals surface area contributed by atoms with Crippen LogP contribution in [-0.4, -0.2) is 49.1 Å². The number of hydrogen-bond donors (Lipinski definition) is 1.